The van der Waals surface area contributed by atoms with Gasteiger partial charge in [-0.1, -0.05) is 72.8 Å². The Kier molecular flexibility index (Phi) is 20.6. The SMILES string of the molecule is CCOC(=O)C(Cc1ccc(CC(C)=O)cc1)=NC(=O)CCc1ccc(OC)cc1.CCOC(=O)C(Cc1ccc(CC(C)=O)cc1)NC(=O)CCc1ccc(OC)cc1. The minimum atomic E-state index is -0.757. The maximum atomic E-state index is 12.4. The van der Waals surface area contributed by atoms with Crippen molar-refractivity contribution in [3.05, 3.63) is 130 Å². The van der Waals surface area contributed by atoms with Crippen LogP contribution in [0.4, 0.5) is 0 Å². The summed E-state index contributed by atoms with van der Waals surface area (Å²) in [5.74, 6) is 0.0579. The highest BCUT2D eigenvalue weighted by Gasteiger charge is 2.23. The molecule has 60 heavy (non-hydrogen) atoms. The van der Waals surface area contributed by atoms with Crippen LogP contribution in [0.25, 0.3) is 0 Å². The van der Waals surface area contributed by atoms with Crippen LogP contribution < -0.4 is 14.8 Å². The van der Waals surface area contributed by atoms with Crippen LogP contribution >= 0.6 is 0 Å². The first-order chi connectivity index (χ1) is 28.8. The van der Waals surface area contributed by atoms with E-state index in [2.05, 4.69) is 10.3 Å². The minimum Gasteiger partial charge on any atom is -0.497 e. The van der Waals surface area contributed by atoms with Crippen LogP contribution in [0.5, 0.6) is 11.5 Å². The molecule has 0 aliphatic carbocycles. The van der Waals surface area contributed by atoms with Crippen LogP contribution in [0, 0.1) is 0 Å². The van der Waals surface area contributed by atoms with Crippen molar-refractivity contribution in [1.29, 1.82) is 0 Å². The molecule has 0 spiro atoms. The third-order valence-electron chi connectivity index (χ3n) is 9.03. The number of amides is 2. The highest BCUT2D eigenvalue weighted by molar-refractivity contribution is 6.38. The molecule has 0 aromatic heterocycles. The van der Waals surface area contributed by atoms with E-state index in [1.807, 2.05) is 97.1 Å². The third-order valence-corrected chi connectivity index (χ3v) is 9.03. The summed E-state index contributed by atoms with van der Waals surface area (Å²) in [6.07, 6.45) is 2.79. The van der Waals surface area contributed by atoms with Crippen LogP contribution in [-0.2, 0) is 76.8 Å². The number of ketones is 2. The number of ether oxygens (including phenoxy) is 4. The van der Waals surface area contributed by atoms with Crippen molar-refractivity contribution in [2.45, 2.75) is 85.1 Å². The van der Waals surface area contributed by atoms with Gasteiger partial charge >= 0.3 is 11.9 Å². The number of carbonyl (C=O) groups excluding carboxylic acids is 6. The number of nitrogens with one attached hydrogen (secondary N) is 1. The standard InChI is InChI=1S/C24H29NO5.C24H27NO5/c2*1-4-30-24(28)22(16-20-7-5-19(6-8-20)15-17(2)26)25-23(27)14-11-18-9-12-21(29-3)13-10-18/h5-10,12-13,22H,4,11,14-16H2,1-3H3,(H,25,27);5-10,12-13H,4,11,14-16H2,1-3H3. The van der Waals surface area contributed by atoms with Gasteiger partial charge in [0.25, 0.3) is 0 Å². The molecule has 12 heteroatoms. The van der Waals surface area contributed by atoms with Crippen molar-refractivity contribution in [3.63, 3.8) is 0 Å². The van der Waals surface area contributed by atoms with Crippen LogP contribution in [0.1, 0.15) is 73.9 Å². The largest absolute Gasteiger partial charge is 0.497 e. The second-order valence-corrected chi connectivity index (χ2v) is 14.0. The number of hydrogen-bond acceptors (Lipinski definition) is 10. The second-order valence-electron chi connectivity index (χ2n) is 14.0. The number of nitrogens with zero attached hydrogens (tertiary/aromatic N) is 1. The topological polar surface area (TPSA) is 164 Å². The van der Waals surface area contributed by atoms with E-state index < -0.39 is 18.0 Å². The molecule has 318 valence electrons. The zero-order valence-electron chi connectivity index (χ0n) is 35.4. The lowest BCUT2D eigenvalue weighted by Gasteiger charge is -2.18. The van der Waals surface area contributed by atoms with Crippen molar-refractivity contribution in [1.82, 2.24) is 5.32 Å². The quantitative estimate of drug-likeness (QED) is 0.0718. The summed E-state index contributed by atoms with van der Waals surface area (Å²) in [5.41, 5.74) is 5.60. The maximum Gasteiger partial charge on any atom is 0.353 e. The first kappa shape index (κ1) is 47.9. The molecule has 0 radical (unpaired) electrons. The highest BCUT2D eigenvalue weighted by Crippen LogP contribution is 2.15. The lowest BCUT2D eigenvalue weighted by Crippen LogP contribution is -2.43. The molecule has 0 aliphatic rings. The average molecular weight is 821 g/mol. The van der Waals surface area contributed by atoms with Crippen molar-refractivity contribution in [2.75, 3.05) is 27.4 Å². The molecule has 0 saturated carbocycles. The first-order valence-electron chi connectivity index (χ1n) is 20.0. The fourth-order valence-corrected chi connectivity index (χ4v) is 5.95. The van der Waals surface area contributed by atoms with Crippen LogP contribution in [0.3, 0.4) is 0 Å². The second kappa shape index (κ2) is 25.8. The predicted molar refractivity (Wildman–Crippen MR) is 229 cm³/mol. The molecule has 0 bridgehead atoms. The summed E-state index contributed by atoms with van der Waals surface area (Å²) in [7, 11) is 3.20. The van der Waals surface area contributed by atoms with Gasteiger partial charge in [-0.2, -0.15) is 0 Å². The zero-order chi connectivity index (χ0) is 43.9. The van der Waals surface area contributed by atoms with E-state index in [1.165, 1.54) is 6.92 Å². The molecule has 0 aliphatic heterocycles. The van der Waals surface area contributed by atoms with E-state index in [-0.39, 0.29) is 61.6 Å². The van der Waals surface area contributed by atoms with Gasteiger partial charge in [-0.05, 0) is 98.2 Å². The molecule has 4 rings (SSSR count). The monoisotopic (exact) mass is 820 g/mol. The molecular weight excluding hydrogens is 765 g/mol. The Balaban J connectivity index is 0.000000320. The summed E-state index contributed by atoms with van der Waals surface area (Å²) in [5, 5.41) is 2.80. The Morgan fingerprint density at radius 3 is 1.40 bits per heavy atom. The molecule has 0 saturated heterocycles. The van der Waals surface area contributed by atoms with Gasteiger partial charge in [0, 0.05) is 38.5 Å². The van der Waals surface area contributed by atoms with Gasteiger partial charge in [0.05, 0.1) is 27.4 Å². The number of benzene rings is 4. The number of hydrogen-bond donors (Lipinski definition) is 1. The normalized spacial score (nSPS) is 11.3. The van der Waals surface area contributed by atoms with Crippen LogP contribution in [0.15, 0.2) is 102 Å². The van der Waals surface area contributed by atoms with Gasteiger partial charge in [-0.25, -0.2) is 14.6 Å². The van der Waals surface area contributed by atoms with E-state index >= 15 is 0 Å². The highest BCUT2D eigenvalue weighted by atomic mass is 16.5. The van der Waals surface area contributed by atoms with Gasteiger partial charge < -0.3 is 24.3 Å². The number of rotatable bonds is 21. The van der Waals surface area contributed by atoms with Crippen LogP contribution in [0.2, 0.25) is 0 Å². The summed E-state index contributed by atoms with van der Waals surface area (Å²) < 4.78 is 20.4. The Labute approximate surface area is 352 Å². The molecule has 0 fully saturated rings. The Hall–Kier alpha value is -6.43. The smallest absolute Gasteiger partial charge is 0.353 e. The number of methoxy groups -OCH3 is 2. The third kappa shape index (κ3) is 18.0. The van der Waals surface area contributed by atoms with E-state index in [0.29, 0.717) is 32.1 Å². The molecule has 4 aromatic carbocycles. The molecule has 0 heterocycles. The zero-order valence-corrected chi connectivity index (χ0v) is 35.4. The molecule has 4 aromatic rings. The number of esters is 2. The van der Waals surface area contributed by atoms with E-state index in [4.69, 9.17) is 18.9 Å². The van der Waals surface area contributed by atoms with E-state index in [1.54, 1.807) is 35.0 Å². The number of Topliss-reactive ketones (excluding diaryl/α,β-unsaturated/α-hetero) is 2. The molecule has 1 N–H and O–H groups in total. The molecule has 2 amide bonds. The van der Waals surface area contributed by atoms with Gasteiger partial charge in [-0.3, -0.25) is 19.2 Å². The molecule has 12 nitrogen and oxygen atoms in total. The van der Waals surface area contributed by atoms with E-state index in [0.717, 1.165) is 44.9 Å². The first-order valence-corrected chi connectivity index (χ1v) is 20.0. The summed E-state index contributed by atoms with van der Waals surface area (Å²) in [6, 6.07) is 29.0. The van der Waals surface area contributed by atoms with E-state index in [9.17, 15) is 28.8 Å². The number of aliphatic imine (C=N–C) groups is 1. The Morgan fingerprint density at radius 1 is 0.550 bits per heavy atom. The summed E-state index contributed by atoms with van der Waals surface area (Å²) >= 11 is 0. The Bertz CT molecular complexity index is 2040. The van der Waals surface area contributed by atoms with Crippen molar-refractivity contribution >= 4 is 41.0 Å². The lowest BCUT2D eigenvalue weighted by molar-refractivity contribution is -0.147. The van der Waals surface area contributed by atoms with Crippen molar-refractivity contribution < 1.29 is 47.7 Å². The fraction of sp³-hybridized carbons (Fsp3) is 0.354. The van der Waals surface area contributed by atoms with Crippen LogP contribution in [-0.4, -0.2) is 74.5 Å². The molecule has 1 atom stereocenters. The Morgan fingerprint density at radius 2 is 0.967 bits per heavy atom. The fourth-order valence-electron chi connectivity index (χ4n) is 5.95. The summed E-state index contributed by atoms with van der Waals surface area (Å²) in [6.45, 7) is 6.97. The average Bonchev–Trinajstić information content (AvgIpc) is 3.23. The number of aryl methyl sites for hydroxylation is 2. The predicted octanol–water partition coefficient (Wildman–Crippen LogP) is 6.58. The van der Waals surface area contributed by atoms with Gasteiger partial charge in [0.15, 0.2) is 0 Å². The van der Waals surface area contributed by atoms with Gasteiger partial charge in [-0.15, -0.1) is 0 Å². The molecule has 1 unspecified atom stereocenters. The lowest BCUT2D eigenvalue weighted by atomic mass is 10.0. The van der Waals surface area contributed by atoms with Gasteiger partial charge in [0.1, 0.15) is 34.8 Å². The maximum absolute atomic E-state index is 12.4. The minimum absolute atomic E-state index is 0.0795. The van der Waals surface area contributed by atoms with Crippen molar-refractivity contribution in [2.24, 2.45) is 4.99 Å². The van der Waals surface area contributed by atoms with Crippen molar-refractivity contribution in [3.8, 4) is 11.5 Å². The molecular formula is C48H56N2O10. The summed E-state index contributed by atoms with van der Waals surface area (Å²) in [4.78, 5) is 75.9. The number of carbonyl (C=O) groups is 6. The van der Waals surface area contributed by atoms with Gasteiger partial charge in [0.2, 0.25) is 11.8 Å².